The molecule has 0 bridgehead atoms. The quantitative estimate of drug-likeness (QED) is 0.716. The zero-order chi connectivity index (χ0) is 21.3. The summed E-state index contributed by atoms with van der Waals surface area (Å²) in [5, 5.41) is 25.8. The van der Waals surface area contributed by atoms with E-state index >= 15 is 0 Å². The smallest absolute Gasteiger partial charge is 0.318 e. The molecule has 0 saturated carbocycles. The van der Waals surface area contributed by atoms with E-state index in [1.54, 1.807) is 36.9 Å². The Labute approximate surface area is 170 Å². The van der Waals surface area contributed by atoms with Crippen LogP contribution in [0.5, 0.6) is 5.75 Å². The van der Waals surface area contributed by atoms with E-state index < -0.39 is 23.8 Å². The molecule has 2 aliphatic rings. The van der Waals surface area contributed by atoms with Crippen molar-refractivity contribution in [2.75, 3.05) is 6.54 Å². The Hall–Kier alpha value is -2.79. The molecular formula is C21H28N4O4. The number of carbonyl (C=O) groups is 2. The van der Waals surface area contributed by atoms with Crippen molar-refractivity contribution >= 4 is 11.9 Å². The molecule has 29 heavy (non-hydrogen) atoms. The van der Waals surface area contributed by atoms with Crippen LogP contribution >= 0.6 is 0 Å². The average Bonchev–Trinajstić information content (AvgIpc) is 3.14. The van der Waals surface area contributed by atoms with Crippen LogP contribution in [0.4, 0.5) is 4.79 Å². The minimum absolute atomic E-state index is 0.0267. The van der Waals surface area contributed by atoms with Gasteiger partial charge in [-0.05, 0) is 58.7 Å². The standard InChI is InChI=1S/C21H28N4O4/c1-12(2)23-20(28)25-9-5-6-15(25)19(27)24-17-14-10-13(11-22)7-8-16(14)29-21(3,4)18(17)26/h7-8,10,12,15,17-18,26H,5-6,9H2,1-4H3,(H,23,28)(H,24,27)/t15-,17+,18-/m0/s1. The first-order chi connectivity index (χ1) is 13.6. The van der Waals surface area contributed by atoms with Crippen LogP contribution in [0.2, 0.25) is 0 Å². The first kappa shape index (κ1) is 20.9. The third-order valence-corrected chi connectivity index (χ3v) is 5.40. The molecule has 3 atom stereocenters. The summed E-state index contributed by atoms with van der Waals surface area (Å²) in [4.78, 5) is 27.1. The second-order valence-corrected chi connectivity index (χ2v) is 8.46. The predicted octanol–water partition coefficient (Wildman–Crippen LogP) is 1.83. The fraction of sp³-hybridized carbons (Fsp3) is 0.571. The lowest BCUT2D eigenvalue weighted by Crippen LogP contribution is -2.56. The lowest BCUT2D eigenvalue weighted by molar-refractivity contribution is -0.129. The molecule has 8 heteroatoms. The number of nitrogens with one attached hydrogen (secondary N) is 2. The van der Waals surface area contributed by atoms with Gasteiger partial charge in [0, 0.05) is 18.2 Å². The van der Waals surface area contributed by atoms with Crippen molar-refractivity contribution in [3.63, 3.8) is 0 Å². The van der Waals surface area contributed by atoms with Crippen molar-refractivity contribution in [2.45, 2.75) is 70.4 Å². The van der Waals surface area contributed by atoms with Crippen LogP contribution in [0.1, 0.15) is 57.7 Å². The number of amides is 3. The summed E-state index contributed by atoms with van der Waals surface area (Å²) in [7, 11) is 0. The van der Waals surface area contributed by atoms with E-state index in [4.69, 9.17) is 4.74 Å². The number of likely N-dealkylation sites (tertiary alicyclic amines) is 1. The topological polar surface area (TPSA) is 115 Å². The third-order valence-electron chi connectivity index (χ3n) is 5.40. The van der Waals surface area contributed by atoms with E-state index in [0.29, 0.717) is 29.8 Å². The summed E-state index contributed by atoms with van der Waals surface area (Å²) >= 11 is 0. The van der Waals surface area contributed by atoms with E-state index in [0.717, 1.165) is 6.42 Å². The molecule has 0 aromatic heterocycles. The third kappa shape index (κ3) is 4.15. The highest BCUT2D eigenvalue weighted by atomic mass is 16.5. The van der Waals surface area contributed by atoms with Crippen LogP contribution < -0.4 is 15.4 Å². The second kappa shape index (κ2) is 7.91. The number of hydrogen-bond acceptors (Lipinski definition) is 5. The molecule has 1 aromatic rings. The Balaban J connectivity index is 1.85. The first-order valence-corrected chi connectivity index (χ1v) is 9.92. The summed E-state index contributed by atoms with van der Waals surface area (Å²) in [6.45, 7) is 7.74. The van der Waals surface area contributed by atoms with Crippen molar-refractivity contribution in [1.29, 1.82) is 5.26 Å². The van der Waals surface area contributed by atoms with Gasteiger partial charge in [-0.15, -0.1) is 0 Å². The number of aliphatic hydroxyl groups excluding tert-OH is 1. The van der Waals surface area contributed by atoms with E-state index in [-0.39, 0.29) is 18.0 Å². The van der Waals surface area contributed by atoms with Crippen molar-refractivity contribution < 1.29 is 19.4 Å². The Kier molecular flexibility index (Phi) is 5.71. The van der Waals surface area contributed by atoms with Gasteiger partial charge in [0.1, 0.15) is 23.5 Å². The second-order valence-electron chi connectivity index (χ2n) is 8.46. The molecule has 8 nitrogen and oxygen atoms in total. The number of fused-ring (bicyclic) bond motifs is 1. The highest BCUT2D eigenvalue weighted by Gasteiger charge is 2.45. The van der Waals surface area contributed by atoms with E-state index in [9.17, 15) is 20.0 Å². The monoisotopic (exact) mass is 400 g/mol. The number of benzene rings is 1. The molecule has 156 valence electrons. The van der Waals surface area contributed by atoms with Gasteiger partial charge in [0.25, 0.3) is 0 Å². The summed E-state index contributed by atoms with van der Waals surface area (Å²) in [6, 6.07) is 5.37. The van der Waals surface area contributed by atoms with Crippen LogP contribution in [0.25, 0.3) is 0 Å². The van der Waals surface area contributed by atoms with E-state index in [1.165, 1.54) is 0 Å². The van der Waals surface area contributed by atoms with Crippen LogP contribution in [-0.2, 0) is 4.79 Å². The fourth-order valence-corrected chi connectivity index (χ4v) is 3.89. The van der Waals surface area contributed by atoms with Crippen LogP contribution in [0.15, 0.2) is 18.2 Å². The number of ether oxygens (including phenoxy) is 1. The van der Waals surface area contributed by atoms with Gasteiger partial charge in [0.15, 0.2) is 0 Å². The normalized spacial score (nSPS) is 25.0. The van der Waals surface area contributed by atoms with Crippen molar-refractivity contribution in [1.82, 2.24) is 15.5 Å². The van der Waals surface area contributed by atoms with Crippen molar-refractivity contribution in [2.24, 2.45) is 0 Å². The molecule has 1 saturated heterocycles. The molecular weight excluding hydrogens is 372 g/mol. The molecule has 0 spiro atoms. The molecule has 1 aromatic carbocycles. The Bertz CT molecular complexity index is 846. The maximum absolute atomic E-state index is 13.1. The number of urea groups is 1. The van der Waals surface area contributed by atoms with Crippen LogP contribution in [-0.4, -0.2) is 52.3 Å². The molecule has 3 rings (SSSR count). The largest absolute Gasteiger partial charge is 0.485 e. The molecule has 0 aliphatic carbocycles. The highest BCUT2D eigenvalue weighted by molar-refractivity contribution is 5.88. The number of hydrogen-bond donors (Lipinski definition) is 3. The van der Waals surface area contributed by atoms with Gasteiger partial charge in [-0.2, -0.15) is 5.26 Å². The number of aliphatic hydroxyl groups is 1. The summed E-state index contributed by atoms with van der Waals surface area (Å²) < 4.78 is 5.89. The van der Waals surface area contributed by atoms with Crippen molar-refractivity contribution in [3.8, 4) is 11.8 Å². The molecule has 0 radical (unpaired) electrons. The summed E-state index contributed by atoms with van der Waals surface area (Å²) in [5.74, 6) is 0.196. The van der Waals surface area contributed by atoms with Gasteiger partial charge in [0.2, 0.25) is 5.91 Å². The lowest BCUT2D eigenvalue weighted by atomic mass is 9.85. The summed E-state index contributed by atoms with van der Waals surface area (Å²) in [6.07, 6.45) is 0.276. The zero-order valence-corrected chi connectivity index (χ0v) is 17.2. The Morgan fingerprint density at radius 2 is 2.10 bits per heavy atom. The number of rotatable bonds is 3. The SMILES string of the molecule is CC(C)NC(=O)N1CCC[C@H]1C(=O)N[C@@H]1c2cc(C#N)ccc2OC(C)(C)[C@H]1O. The Morgan fingerprint density at radius 1 is 1.38 bits per heavy atom. The van der Waals surface area contributed by atoms with Crippen LogP contribution in [0.3, 0.4) is 0 Å². The molecule has 0 unspecified atom stereocenters. The van der Waals surface area contributed by atoms with Crippen molar-refractivity contribution in [3.05, 3.63) is 29.3 Å². The predicted molar refractivity (Wildman–Crippen MR) is 106 cm³/mol. The maximum Gasteiger partial charge on any atom is 0.318 e. The lowest BCUT2D eigenvalue weighted by Gasteiger charge is -2.42. The molecule has 2 aliphatic heterocycles. The van der Waals surface area contributed by atoms with Gasteiger partial charge in [0.05, 0.1) is 17.7 Å². The molecule has 3 amide bonds. The molecule has 2 heterocycles. The van der Waals surface area contributed by atoms with Gasteiger partial charge in [-0.1, -0.05) is 0 Å². The minimum Gasteiger partial charge on any atom is -0.485 e. The fourth-order valence-electron chi connectivity index (χ4n) is 3.89. The van der Waals surface area contributed by atoms with Gasteiger partial charge in [-0.3, -0.25) is 4.79 Å². The Morgan fingerprint density at radius 3 is 2.76 bits per heavy atom. The van der Waals surface area contributed by atoms with E-state index in [1.807, 2.05) is 13.8 Å². The summed E-state index contributed by atoms with van der Waals surface area (Å²) in [5.41, 5.74) is 0.0430. The van der Waals surface area contributed by atoms with Crippen LogP contribution in [0, 0.1) is 11.3 Å². The molecule has 3 N–H and O–H groups in total. The first-order valence-electron chi connectivity index (χ1n) is 9.92. The number of nitriles is 1. The maximum atomic E-state index is 13.1. The van der Waals surface area contributed by atoms with E-state index in [2.05, 4.69) is 16.7 Å². The highest BCUT2D eigenvalue weighted by Crippen LogP contribution is 2.40. The number of carbonyl (C=O) groups excluding carboxylic acids is 2. The van der Waals surface area contributed by atoms with Gasteiger partial charge >= 0.3 is 6.03 Å². The zero-order valence-electron chi connectivity index (χ0n) is 17.2. The molecule has 1 fully saturated rings. The van der Waals surface area contributed by atoms with Gasteiger partial charge in [-0.25, -0.2) is 4.79 Å². The average molecular weight is 400 g/mol. The van der Waals surface area contributed by atoms with Gasteiger partial charge < -0.3 is 25.4 Å². The number of nitrogens with zero attached hydrogens (tertiary/aromatic N) is 2. The minimum atomic E-state index is -1.02.